The third-order valence-electron chi connectivity index (χ3n) is 5.08. The van der Waals surface area contributed by atoms with Gasteiger partial charge in [-0.05, 0) is 49.1 Å². The minimum Gasteiger partial charge on any atom is -0.490 e. The van der Waals surface area contributed by atoms with E-state index in [1.165, 1.54) is 0 Å². The van der Waals surface area contributed by atoms with Gasteiger partial charge in [-0.3, -0.25) is 4.79 Å². The van der Waals surface area contributed by atoms with Crippen LogP contribution in [0.2, 0.25) is 0 Å². The molecule has 1 amide bonds. The Morgan fingerprint density at radius 3 is 2.50 bits per heavy atom. The largest absolute Gasteiger partial charge is 0.490 e. The molecule has 0 aliphatic carbocycles. The summed E-state index contributed by atoms with van der Waals surface area (Å²) in [5.74, 6) is 0.679. The fourth-order valence-electron chi connectivity index (χ4n) is 3.62. The van der Waals surface area contributed by atoms with Crippen molar-refractivity contribution in [3.8, 4) is 11.5 Å². The molecule has 160 valence electrons. The van der Waals surface area contributed by atoms with Crippen LogP contribution in [0.3, 0.4) is 0 Å². The molecule has 2 aromatic carbocycles. The van der Waals surface area contributed by atoms with Gasteiger partial charge >= 0.3 is 5.97 Å². The number of carbonyl (C=O) groups excluding carboxylic acids is 2. The minimum absolute atomic E-state index is 0.118. The first-order valence-corrected chi connectivity index (χ1v) is 10.4. The Bertz CT molecular complexity index is 908. The summed E-state index contributed by atoms with van der Waals surface area (Å²) in [6, 6.07) is 12.7. The smallest absolute Gasteiger partial charge is 0.339 e. The number of cyclic esters (lactones) is 1. The average molecular weight is 411 g/mol. The van der Waals surface area contributed by atoms with Gasteiger partial charge < -0.3 is 19.5 Å². The third-order valence-corrected chi connectivity index (χ3v) is 5.08. The van der Waals surface area contributed by atoms with Crippen LogP contribution >= 0.6 is 0 Å². The van der Waals surface area contributed by atoms with Gasteiger partial charge in [0.25, 0.3) is 5.91 Å². The lowest BCUT2D eigenvalue weighted by atomic mass is 9.94. The van der Waals surface area contributed by atoms with Crippen LogP contribution in [-0.2, 0) is 16.0 Å². The summed E-state index contributed by atoms with van der Waals surface area (Å²) >= 11 is 0. The highest BCUT2D eigenvalue weighted by atomic mass is 16.5. The second kappa shape index (κ2) is 9.65. The summed E-state index contributed by atoms with van der Waals surface area (Å²) in [6.07, 6.45) is -0.478. The lowest BCUT2D eigenvalue weighted by Crippen LogP contribution is -2.44. The first-order chi connectivity index (χ1) is 14.4. The van der Waals surface area contributed by atoms with Gasteiger partial charge in [-0.25, -0.2) is 4.79 Å². The third kappa shape index (κ3) is 4.75. The molecule has 1 heterocycles. The molecule has 1 aliphatic rings. The fraction of sp³-hybridized carbons (Fsp3) is 0.417. The van der Waals surface area contributed by atoms with Crippen molar-refractivity contribution < 1.29 is 23.8 Å². The zero-order valence-corrected chi connectivity index (χ0v) is 17.9. The molecule has 30 heavy (non-hydrogen) atoms. The topological polar surface area (TPSA) is 73.9 Å². The lowest BCUT2D eigenvalue weighted by Gasteiger charge is -2.28. The van der Waals surface area contributed by atoms with Gasteiger partial charge in [0, 0.05) is 6.42 Å². The van der Waals surface area contributed by atoms with E-state index in [1.54, 1.807) is 12.1 Å². The Labute approximate surface area is 177 Å². The first-order valence-electron chi connectivity index (χ1n) is 10.4. The summed E-state index contributed by atoms with van der Waals surface area (Å²) in [5.41, 5.74) is 2.26. The highest BCUT2D eigenvalue weighted by molar-refractivity contribution is 5.95. The first kappa shape index (κ1) is 21.7. The van der Waals surface area contributed by atoms with E-state index in [1.807, 2.05) is 58.0 Å². The van der Waals surface area contributed by atoms with Crippen molar-refractivity contribution in [2.45, 2.75) is 46.3 Å². The van der Waals surface area contributed by atoms with E-state index in [4.69, 9.17) is 14.2 Å². The predicted octanol–water partition coefficient (Wildman–Crippen LogP) is 4.08. The molecular formula is C24H29NO5. The molecule has 0 saturated heterocycles. The van der Waals surface area contributed by atoms with Gasteiger partial charge in [0.1, 0.15) is 0 Å². The Morgan fingerprint density at radius 2 is 1.80 bits per heavy atom. The van der Waals surface area contributed by atoms with Crippen molar-refractivity contribution in [1.82, 2.24) is 5.32 Å². The number of nitrogens with one attached hydrogen (secondary N) is 1. The molecule has 0 spiro atoms. The van der Waals surface area contributed by atoms with Gasteiger partial charge in [-0.1, -0.05) is 38.1 Å². The van der Waals surface area contributed by atoms with E-state index in [2.05, 4.69) is 5.32 Å². The maximum absolute atomic E-state index is 13.0. The van der Waals surface area contributed by atoms with E-state index >= 15 is 0 Å². The van der Waals surface area contributed by atoms with E-state index in [9.17, 15) is 9.59 Å². The predicted molar refractivity (Wildman–Crippen MR) is 114 cm³/mol. The van der Waals surface area contributed by atoms with Crippen molar-refractivity contribution in [3.05, 3.63) is 59.2 Å². The van der Waals surface area contributed by atoms with Crippen LogP contribution in [-0.4, -0.2) is 31.2 Å². The quantitative estimate of drug-likeness (QED) is 0.663. The van der Waals surface area contributed by atoms with Crippen LogP contribution in [0.1, 0.15) is 55.2 Å². The number of rotatable bonds is 8. The molecule has 1 N–H and O–H groups in total. The lowest BCUT2D eigenvalue weighted by molar-refractivity contribution is -0.131. The van der Waals surface area contributed by atoms with E-state index in [0.717, 1.165) is 11.1 Å². The van der Waals surface area contributed by atoms with E-state index in [0.29, 0.717) is 36.7 Å². The molecule has 0 aromatic heterocycles. The minimum atomic E-state index is -0.845. The number of carbonyl (C=O) groups is 2. The molecule has 0 radical (unpaired) electrons. The van der Waals surface area contributed by atoms with Crippen LogP contribution in [0.15, 0.2) is 42.5 Å². The summed E-state index contributed by atoms with van der Waals surface area (Å²) in [6.45, 7) is 8.95. The van der Waals surface area contributed by atoms with Crippen molar-refractivity contribution >= 4 is 11.9 Å². The summed E-state index contributed by atoms with van der Waals surface area (Å²) in [4.78, 5) is 25.3. The SMILES string of the molecule is CCOc1ccc([C@H](NC(=O)[C@H]2Cc3ccccc3C(=O)O2)C(C)C)cc1OCC. The number of ether oxygens (including phenoxy) is 3. The number of fused-ring (bicyclic) bond motifs is 1. The Hall–Kier alpha value is -3.02. The molecule has 6 nitrogen and oxygen atoms in total. The van der Waals surface area contributed by atoms with E-state index < -0.39 is 12.1 Å². The Kier molecular flexibility index (Phi) is 6.98. The van der Waals surface area contributed by atoms with Crippen LogP contribution in [0, 0.1) is 5.92 Å². The second-order valence-electron chi connectivity index (χ2n) is 7.56. The summed E-state index contributed by atoms with van der Waals surface area (Å²) in [7, 11) is 0. The maximum Gasteiger partial charge on any atom is 0.339 e. The molecule has 0 unspecified atom stereocenters. The van der Waals surface area contributed by atoms with Gasteiger partial charge in [-0.15, -0.1) is 0 Å². The molecule has 2 aromatic rings. The van der Waals surface area contributed by atoms with Crippen molar-refractivity contribution in [2.24, 2.45) is 5.92 Å². The fourth-order valence-corrected chi connectivity index (χ4v) is 3.62. The number of benzene rings is 2. The zero-order chi connectivity index (χ0) is 21.7. The normalized spacial score (nSPS) is 16.4. The molecule has 1 aliphatic heterocycles. The molecule has 2 atom stereocenters. The number of amides is 1. The molecule has 3 rings (SSSR count). The molecule has 0 saturated carbocycles. The van der Waals surface area contributed by atoms with Gasteiger partial charge in [-0.2, -0.15) is 0 Å². The Balaban J connectivity index is 1.80. The molecular weight excluding hydrogens is 382 g/mol. The number of esters is 1. The average Bonchev–Trinajstić information content (AvgIpc) is 2.73. The van der Waals surface area contributed by atoms with Gasteiger partial charge in [0.2, 0.25) is 0 Å². The molecule has 0 fully saturated rings. The standard InChI is InChI=1S/C24H29NO5/c1-5-28-19-12-11-17(14-20(19)29-6-2)22(15(3)4)25-23(26)21-13-16-9-7-8-10-18(16)24(27)30-21/h7-12,14-15,21-22H,5-6,13H2,1-4H3,(H,25,26)/t21-,22-/m1/s1. The summed E-state index contributed by atoms with van der Waals surface area (Å²) in [5, 5.41) is 3.06. The van der Waals surface area contributed by atoms with E-state index in [-0.39, 0.29) is 17.9 Å². The van der Waals surface area contributed by atoms with Crippen LogP contribution in [0.4, 0.5) is 0 Å². The van der Waals surface area contributed by atoms with Crippen LogP contribution in [0.5, 0.6) is 11.5 Å². The molecule has 0 bridgehead atoms. The second-order valence-corrected chi connectivity index (χ2v) is 7.56. The van der Waals surface area contributed by atoms with Gasteiger partial charge in [0.15, 0.2) is 17.6 Å². The highest BCUT2D eigenvalue weighted by Gasteiger charge is 2.33. The summed E-state index contributed by atoms with van der Waals surface area (Å²) < 4.78 is 16.8. The Morgan fingerprint density at radius 1 is 1.10 bits per heavy atom. The van der Waals surface area contributed by atoms with Gasteiger partial charge in [0.05, 0.1) is 24.8 Å². The maximum atomic E-state index is 13.0. The number of hydrogen-bond donors (Lipinski definition) is 1. The molecule has 6 heteroatoms. The number of hydrogen-bond acceptors (Lipinski definition) is 5. The highest BCUT2D eigenvalue weighted by Crippen LogP contribution is 2.33. The van der Waals surface area contributed by atoms with Crippen molar-refractivity contribution in [3.63, 3.8) is 0 Å². The monoisotopic (exact) mass is 411 g/mol. The van der Waals surface area contributed by atoms with Crippen molar-refractivity contribution in [1.29, 1.82) is 0 Å². The van der Waals surface area contributed by atoms with Crippen molar-refractivity contribution in [2.75, 3.05) is 13.2 Å². The van der Waals surface area contributed by atoms with Crippen LogP contribution < -0.4 is 14.8 Å². The van der Waals surface area contributed by atoms with Crippen LogP contribution in [0.25, 0.3) is 0 Å². The zero-order valence-electron chi connectivity index (χ0n) is 17.9.